The fourth-order valence-corrected chi connectivity index (χ4v) is 4.02. The van der Waals surface area contributed by atoms with E-state index in [2.05, 4.69) is 20.3 Å². The van der Waals surface area contributed by atoms with Crippen molar-refractivity contribution in [3.05, 3.63) is 46.8 Å². The van der Waals surface area contributed by atoms with Crippen LogP contribution in [-0.2, 0) is 10.0 Å². The highest BCUT2D eigenvalue weighted by molar-refractivity contribution is 7.98. The molecule has 1 aliphatic rings. The number of rotatable bonds is 3. The molecule has 1 aromatic carbocycles. The average Bonchev–Trinajstić information content (AvgIpc) is 2.59. The molecule has 130 valence electrons. The van der Waals surface area contributed by atoms with Crippen LogP contribution in [0.2, 0.25) is 0 Å². The highest BCUT2D eigenvalue weighted by atomic mass is 32.2. The number of thioether (sulfide) groups is 1. The van der Waals surface area contributed by atoms with Crippen molar-refractivity contribution in [2.45, 2.75) is 12.1 Å². The fourth-order valence-electron chi connectivity index (χ4n) is 2.35. The van der Waals surface area contributed by atoms with Crippen LogP contribution in [0.5, 0.6) is 0 Å². The molecule has 1 N–H and O–H groups in total. The van der Waals surface area contributed by atoms with Gasteiger partial charge >= 0.3 is 0 Å². The SMILES string of the molecule is CSc1nc(C)nc(N/C=C2\C(=O)c3ccccc3N(C)S2(=O)=O)n1. The van der Waals surface area contributed by atoms with E-state index in [-0.39, 0.29) is 10.9 Å². The summed E-state index contributed by atoms with van der Waals surface area (Å²) in [5.41, 5.74) is 0.676. The molecule has 2 aromatic rings. The van der Waals surface area contributed by atoms with E-state index in [9.17, 15) is 13.2 Å². The summed E-state index contributed by atoms with van der Waals surface area (Å²) in [4.78, 5) is 24.6. The van der Waals surface area contributed by atoms with Crippen LogP contribution in [0.15, 0.2) is 40.5 Å². The van der Waals surface area contributed by atoms with Crippen molar-refractivity contribution in [2.75, 3.05) is 22.9 Å². The molecule has 0 spiro atoms. The van der Waals surface area contributed by atoms with Crippen molar-refractivity contribution in [1.29, 1.82) is 0 Å². The number of hydrogen-bond acceptors (Lipinski definition) is 8. The average molecular weight is 377 g/mol. The van der Waals surface area contributed by atoms with E-state index in [1.54, 1.807) is 31.2 Å². The number of hydrogen-bond donors (Lipinski definition) is 1. The first-order valence-corrected chi connectivity index (χ1v) is 9.87. The van der Waals surface area contributed by atoms with Crippen molar-refractivity contribution in [3.63, 3.8) is 0 Å². The highest BCUT2D eigenvalue weighted by Crippen LogP contribution is 2.33. The Morgan fingerprint density at radius 3 is 2.64 bits per heavy atom. The minimum atomic E-state index is -3.95. The Kier molecular flexibility index (Phi) is 4.48. The molecule has 0 unspecified atom stereocenters. The molecule has 1 aromatic heterocycles. The van der Waals surface area contributed by atoms with Gasteiger partial charge < -0.3 is 5.32 Å². The monoisotopic (exact) mass is 377 g/mol. The molecule has 0 amide bonds. The summed E-state index contributed by atoms with van der Waals surface area (Å²) in [6.45, 7) is 1.70. The number of nitrogens with zero attached hydrogens (tertiary/aromatic N) is 4. The second-order valence-corrected chi connectivity index (χ2v) is 7.88. The minimum Gasteiger partial charge on any atom is -0.329 e. The van der Waals surface area contributed by atoms with Crippen LogP contribution >= 0.6 is 11.8 Å². The lowest BCUT2D eigenvalue weighted by Gasteiger charge is -2.27. The van der Waals surface area contributed by atoms with Crippen LogP contribution in [0, 0.1) is 6.92 Å². The first-order valence-electron chi connectivity index (χ1n) is 7.20. The minimum absolute atomic E-state index is 0.175. The number of carbonyl (C=O) groups excluding carboxylic acids is 1. The standard InChI is InChI=1S/C15H15N5O3S2/c1-9-17-14(19-15(18-9)24-3)16-8-12-13(21)10-6-4-5-7-11(10)20(2)25(12,22)23/h4-8H,1-3H3,(H,16,17,18,19)/b12-8+. The maximum absolute atomic E-state index is 12.6. The molecular weight excluding hydrogens is 362 g/mol. The predicted molar refractivity (Wildman–Crippen MR) is 96.1 cm³/mol. The maximum Gasteiger partial charge on any atom is 0.269 e. The zero-order valence-corrected chi connectivity index (χ0v) is 15.3. The molecular formula is C15H15N5O3S2. The molecule has 1 aliphatic heterocycles. The van der Waals surface area contributed by atoms with Gasteiger partial charge in [-0.25, -0.2) is 13.4 Å². The molecule has 25 heavy (non-hydrogen) atoms. The summed E-state index contributed by atoms with van der Waals surface area (Å²) in [6, 6.07) is 6.56. The molecule has 0 fully saturated rings. The lowest BCUT2D eigenvalue weighted by Crippen LogP contribution is -2.36. The van der Waals surface area contributed by atoms with Gasteiger partial charge in [0.15, 0.2) is 10.1 Å². The van der Waals surface area contributed by atoms with Crippen molar-refractivity contribution >= 4 is 39.2 Å². The van der Waals surface area contributed by atoms with Gasteiger partial charge in [0.1, 0.15) is 5.82 Å². The Balaban J connectivity index is 2.03. The molecule has 3 rings (SSSR count). The van der Waals surface area contributed by atoms with Crippen LogP contribution < -0.4 is 9.62 Å². The summed E-state index contributed by atoms with van der Waals surface area (Å²) in [6.07, 6.45) is 2.95. The number of ketones is 1. The van der Waals surface area contributed by atoms with Gasteiger partial charge in [-0.3, -0.25) is 9.10 Å². The molecule has 0 atom stereocenters. The predicted octanol–water partition coefficient (Wildman–Crippen LogP) is 1.82. The van der Waals surface area contributed by atoms with Crippen LogP contribution in [0.25, 0.3) is 0 Å². The van der Waals surface area contributed by atoms with E-state index in [0.29, 0.717) is 22.2 Å². The van der Waals surface area contributed by atoms with Gasteiger partial charge in [0, 0.05) is 18.8 Å². The maximum atomic E-state index is 12.6. The van der Waals surface area contributed by atoms with E-state index in [0.717, 1.165) is 10.5 Å². The van der Waals surface area contributed by atoms with Crippen molar-refractivity contribution < 1.29 is 13.2 Å². The normalized spacial score (nSPS) is 17.5. The number of aromatic nitrogens is 3. The number of fused-ring (bicyclic) bond motifs is 1. The number of sulfonamides is 1. The number of nitrogens with one attached hydrogen (secondary N) is 1. The Bertz CT molecular complexity index is 988. The van der Waals surface area contributed by atoms with Crippen LogP contribution in [-0.4, -0.2) is 42.5 Å². The largest absolute Gasteiger partial charge is 0.329 e. The molecule has 2 heterocycles. The number of Topliss-reactive ketones (excluding diaryl/α,β-unsaturated/α-hetero) is 1. The van der Waals surface area contributed by atoms with E-state index in [1.165, 1.54) is 18.8 Å². The Morgan fingerprint density at radius 2 is 1.92 bits per heavy atom. The third kappa shape index (κ3) is 3.10. The molecule has 0 saturated carbocycles. The van der Waals surface area contributed by atoms with Crippen LogP contribution in [0.3, 0.4) is 0 Å². The molecule has 0 saturated heterocycles. The molecule has 10 heteroatoms. The lowest BCUT2D eigenvalue weighted by molar-refractivity contribution is 0.104. The van der Waals surface area contributed by atoms with Gasteiger partial charge in [0.05, 0.1) is 5.69 Å². The smallest absolute Gasteiger partial charge is 0.269 e. The summed E-state index contributed by atoms with van der Waals surface area (Å²) in [7, 11) is -2.54. The Hall–Kier alpha value is -2.46. The van der Waals surface area contributed by atoms with Gasteiger partial charge in [-0.2, -0.15) is 9.97 Å². The quantitative estimate of drug-likeness (QED) is 0.638. The summed E-state index contributed by atoms with van der Waals surface area (Å²) in [5, 5.41) is 3.20. The first kappa shape index (κ1) is 17.4. The van der Waals surface area contributed by atoms with E-state index >= 15 is 0 Å². The molecule has 0 radical (unpaired) electrons. The number of allylic oxidation sites excluding steroid dienone is 1. The molecule has 8 nitrogen and oxygen atoms in total. The van der Waals surface area contributed by atoms with Gasteiger partial charge in [-0.05, 0) is 25.3 Å². The second-order valence-electron chi connectivity index (χ2n) is 5.16. The number of para-hydroxylation sites is 1. The van der Waals surface area contributed by atoms with Crippen molar-refractivity contribution in [2.24, 2.45) is 0 Å². The van der Waals surface area contributed by atoms with Crippen LogP contribution in [0.4, 0.5) is 11.6 Å². The van der Waals surface area contributed by atoms with E-state index < -0.39 is 15.8 Å². The van der Waals surface area contributed by atoms with Gasteiger partial charge in [-0.1, -0.05) is 23.9 Å². The van der Waals surface area contributed by atoms with Gasteiger partial charge in [-0.15, -0.1) is 0 Å². The Morgan fingerprint density at radius 1 is 1.20 bits per heavy atom. The fraction of sp³-hybridized carbons (Fsp3) is 0.200. The summed E-state index contributed by atoms with van der Waals surface area (Å²) < 4.78 is 26.4. The van der Waals surface area contributed by atoms with Crippen molar-refractivity contribution in [1.82, 2.24) is 15.0 Å². The zero-order chi connectivity index (χ0) is 18.2. The summed E-state index contributed by atoms with van der Waals surface area (Å²) >= 11 is 1.33. The topological polar surface area (TPSA) is 105 Å². The first-order chi connectivity index (χ1) is 11.8. The highest BCUT2D eigenvalue weighted by Gasteiger charge is 2.37. The number of anilines is 2. The van der Waals surface area contributed by atoms with E-state index in [4.69, 9.17) is 0 Å². The van der Waals surface area contributed by atoms with Crippen LogP contribution in [0.1, 0.15) is 16.2 Å². The zero-order valence-electron chi connectivity index (χ0n) is 13.7. The number of aryl methyl sites for hydroxylation is 1. The number of carbonyl (C=O) groups is 1. The van der Waals surface area contributed by atoms with Crippen molar-refractivity contribution in [3.8, 4) is 0 Å². The number of benzene rings is 1. The van der Waals surface area contributed by atoms with Gasteiger partial charge in [0.25, 0.3) is 10.0 Å². The summed E-state index contributed by atoms with van der Waals surface area (Å²) in [5.74, 6) is 0.0893. The third-order valence-corrected chi connectivity index (χ3v) is 5.92. The molecule has 0 bridgehead atoms. The Labute approximate surface area is 149 Å². The lowest BCUT2D eigenvalue weighted by atomic mass is 10.1. The molecule has 0 aliphatic carbocycles. The third-order valence-electron chi connectivity index (χ3n) is 3.59. The van der Waals surface area contributed by atoms with Gasteiger partial charge in [0.2, 0.25) is 11.7 Å². The second kappa shape index (κ2) is 6.45. The van der Waals surface area contributed by atoms with E-state index in [1.807, 2.05) is 6.26 Å².